The minimum atomic E-state index is -4.57. The molecule has 0 saturated carbocycles. The first kappa shape index (κ1) is 15.3. The Hall–Kier alpha value is -1.12. The van der Waals surface area contributed by atoms with Crippen LogP contribution in [0, 0.1) is 0 Å². The molecule has 1 N–H and O–H groups in total. The summed E-state index contributed by atoms with van der Waals surface area (Å²) in [4.78, 5) is 0. The van der Waals surface area contributed by atoms with Crippen LogP contribution in [0.3, 0.4) is 0 Å². The molecule has 0 aliphatic carbocycles. The highest BCUT2D eigenvalue weighted by atomic mass is 32.2. The van der Waals surface area contributed by atoms with Crippen molar-refractivity contribution in [3.05, 3.63) is 35.3 Å². The number of nitrogens with zero attached hydrogens (tertiary/aromatic N) is 2. The lowest BCUT2D eigenvalue weighted by Crippen LogP contribution is -2.30. The van der Waals surface area contributed by atoms with Gasteiger partial charge >= 0.3 is 6.18 Å². The van der Waals surface area contributed by atoms with Gasteiger partial charge in [-0.15, -0.1) is 10.2 Å². The summed E-state index contributed by atoms with van der Waals surface area (Å²) in [7, 11) is 0. The van der Waals surface area contributed by atoms with Crippen molar-refractivity contribution in [2.45, 2.75) is 18.0 Å². The fourth-order valence-electron chi connectivity index (χ4n) is 1.36. The third kappa shape index (κ3) is 4.19. The molecule has 108 valence electrons. The fraction of sp³-hybridized carbons (Fsp3) is 0.333. The first-order valence-corrected chi connectivity index (χ1v) is 7.64. The van der Waals surface area contributed by atoms with Crippen molar-refractivity contribution in [1.82, 2.24) is 10.2 Å². The van der Waals surface area contributed by atoms with E-state index in [0.29, 0.717) is 10.8 Å². The number of aromatic nitrogens is 2. The van der Waals surface area contributed by atoms with Crippen molar-refractivity contribution in [3.8, 4) is 10.6 Å². The van der Waals surface area contributed by atoms with Crippen molar-refractivity contribution < 1.29 is 18.3 Å². The molecular weight excluding hydrogens is 309 g/mol. The third-order valence-electron chi connectivity index (χ3n) is 2.37. The number of benzene rings is 1. The molecule has 2 aromatic rings. The normalized spacial score (nSPS) is 13.4. The average molecular weight is 320 g/mol. The van der Waals surface area contributed by atoms with Crippen LogP contribution in [-0.2, 0) is 5.75 Å². The lowest BCUT2D eigenvalue weighted by molar-refractivity contribution is -0.195. The van der Waals surface area contributed by atoms with Crippen molar-refractivity contribution >= 4 is 23.1 Å². The second-order valence-electron chi connectivity index (χ2n) is 3.94. The van der Waals surface area contributed by atoms with Gasteiger partial charge in [-0.3, -0.25) is 0 Å². The van der Waals surface area contributed by atoms with Gasteiger partial charge in [0.15, 0.2) is 6.10 Å². The quantitative estimate of drug-likeness (QED) is 0.917. The number of aliphatic hydroxyl groups is 1. The molecule has 0 bridgehead atoms. The Kier molecular flexibility index (Phi) is 5.00. The van der Waals surface area contributed by atoms with Crippen LogP contribution in [0.1, 0.15) is 5.01 Å². The van der Waals surface area contributed by atoms with Gasteiger partial charge in [0.05, 0.1) is 0 Å². The maximum absolute atomic E-state index is 12.1. The predicted octanol–water partition coefficient (Wildman–Crippen LogP) is 3.36. The molecule has 2 rings (SSSR count). The zero-order valence-corrected chi connectivity index (χ0v) is 11.8. The van der Waals surface area contributed by atoms with E-state index in [1.807, 2.05) is 30.3 Å². The van der Waals surface area contributed by atoms with Crippen LogP contribution < -0.4 is 0 Å². The predicted molar refractivity (Wildman–Crippen MR) is 73.6 cm³/mol. The zero-order chi connectivity index (χ0) is 14.6. The van der Waals surface area contributed by atoms with E-state index >= 15 is 0 Å². The average Bonchev–Trinajstić information content (AvgIpc) is 2.87. The second-order valence-corrected chi connectivity index (χ2v) is 6.03. The summed E-state index contributed by atoms with van der Waals surface area (Å²) in [5, 5.41) is 18.2. The van der Waals surface area contributed by atoms with Crippen LogP contribution in [0.25, 0.3) is 10.6 Å². The summed E-state index contributed by atoms with van der Waals surface area (Å²) in [6, 6.07) is 9.44. The molecule has 0 aliphatic rings. The van der Waals surface area contributed by atoms with E-state index in [4.69, 9.17) is 5.11 Å². The highest BCUT2D eigenvalue weighted by molar-refractivity contribution is 7.98. The molecule has 0 aliphatic heterocycles. The Labute approximate surface area is 121 Å². The van der Waals surface area contributed by atoms with Crippen LogP contribution in [0.5, 0.6) is 0 Å². The summed E-state index contributed by atoms with van der Waals surface area (Å²) in [6.07, 6.45) is -6.86. The molecule has 1 aromatic carbocycles. The first-order chi connectivity index (χ1) is 9.47. The minimum absolute atomic E-state index is 0.303. The molecule has 0 amide bonds. The minimum Gasteiger partial charge on any atom is -0.383 e. The van der Waals surface area contributed by atoms with E-state index in [-0.39, 0.29) is 0 Å². The van der Waals surface area contributed by atoms with Crippen LogP contribution in [0.4, 0.5) is 13.2 Å². The number of hydrogen-bond donors (Lipinski definition) is 1. The van der Waals surface area contributed by atoms with Crippen LogP contribution in [0.2, 0.25) is 0 Å². The van der Waals surface area contributed by atoms with Gasteiger partial charge in [0.25, 0.3) is 0 Å². The van der Waals surface area contributed by atoms with Crippen molar-refractivity contribution in [1.29, 1.82) is 0 Å². The van der Waals surface area contributed by atoms with E-state index in [0.717, 1.165) is 22.3 Å². The highest BCUT2D eigenvalue weighted by Gasteiger charge is 2.37. The van der Waals surface area contributed by atoms with Gasteiger partial charge < -0.3 is 5.11 Å². The molecule has 1 aromatic heterocycles. The number of alkyl halides is 3. The van der Waals surface area contributed by atoms with Crippen LogP contribution in [-0.4, -0.2) is 33.3 Å². The van der Waals surface area contributed by atoms with Gasteiger partial charge in [0.1, 0.15) is 10.0 Å². The molecule has 0 unspecified atom stereocenters. The van der Waals surface area contributed by atoms with Crippen molar-refractivity contribution in [2.75, 3.05) is 5.75 Å². The van der Waals surface area contributed by atoms with E-state index in [9.17, 15) is 13.2 Å². The van der Waals surface area contributed by atoms with Gasteiger partial charge in [0, 0.05) is 17.1 Å². The second kappa shape index (κ2) is 6.55. The lowest BCUT2D eigenvalue weighted by Gasteiger charge is -2.12. The SMILES string of the molecule is O[C@@H](CSCc1nnc(-c2ccccc2)s1)C(F)(F)F. The topological polar surface area (TPSA) is 46.0 Å². The Morgan fingerprint density at radius 3 is 2.55 bits per heavy atom. The van der Waals surface area contributed by atoms with E-state index in [2.05, 4.69) is 10.2 Å². The van der Waals surface area contributed by atoms with Gasteiger partial charge in [-0.2, -0.15) is 24.9 Å². The van der Waals surface area contributed by atoms with E-state index in [1.165, 1.54) is 11.3 Å². The number of rotatable bonds is 5. The van der Waals surface area contributed by atoms with E-state index < -0.39 is 18.0 Å². The Bertz CT molecular complexity index is 545. The maximum atomic E-state index is 12.1. The summed E-state index contributed by atoms with van der Waals surface area (Å²) >= 11 is 2.33. The van der Waals surface area contributed by atoms with Gasteiger partial charge in [-0.1, -0.05) is 41.7 Å². The van der Waals surface area contributed by atoms with Crippen molar-refractivity contribution in [3.63, 3.8) is 0 Å². The molecule has 1 heterocycles. The standard InChI is InChI=1S/C12H11F3N2OS2/c13-12(14,15)9(18)6-19-7-10-16-17-11(20-10)8-4-2-1-3-5-8/h1-5,9,18H,6-7H2/t9-/m0/s1. The van der Waals surface area contributed by atoms with E-state index in [1.54, 1.807) is 0 Å². The molecule has 0 spiro atoms. The molecule has 0 saturated heterocycles. The molecule has 0 radical (unpaired) electrons. The van der Waals surface area contributed by atoms with Crippen LogP contribution >= 0.6 is 23.1 Å². The Morgan fingerprint density at radius 2 is 1.90 bits per heavy atom. The van der Waals surface area contributed by atoms with Crippen LogP contribution in [0.15, 0.2) is 30.3 Å². The number of aliphatic hydroxyl groups excluding tert-OH is 1. The van der Waals surface area contributed by atoms with Crippen molar-refractivity contribution in [2.24, 2.45) is 0 Å². The molecule has 20 heavy (non-hydrogen) atoms. The molecule has 8 heteroatoms. The smallest absolute Gasteiger partial charge is 0.383 e. The number of thioether (sulfide) groups is 1. The summed E-state index contributed by atoms with van der Waals surface area (Å²) < 4.78 is 36.3. The molecule has 3 nitrogen and oxygen atoms in total. The first-order valence-electron chi connectivity index (χ1n) is 5.67. The number of halogens is 3. The largest absolute Gasteiger partial charge is 0.415 e. The lowest BCUT2D eigenvalue weighted by atomic mass is 10.2. The molecular formula is C12H11F3N2OS2. The third-order valence-corrected chi connectivity index (χ3v) is 4.55. The summed E-state index contributed by atoms with van der Waals surface area (Å²) in [6.45, 7) is 0. The Balaban J connectivity index is 1.88. The number of hydrogen-bond acceptors (Lipinski definition) is 5. The fourth-order valence-corrected chi connectivity index (χ4v) is 3.25. The summed E-state index contributed by atoms with van der Waals surface area (Å²) in [5.41, 5.74) is 0.927. The van der Waals surface area contributed by atoms with Gasteiger partial charge in [-0.25, -0.2) is 0 Å². The molecule has 1 atom stereocenters. The zero-order valence-electron chi connectivity index (χ0n) is 10.2. The van der Waals surface area contributed by atoms with Gasteiger partial charge in [0.2, 0.25) is 0 Å². The monoisotopic (exact) mass is 320 g/mol. The Morgan fingerprint density at radius 1 is 1.20 bits per heavy atom. The summed E-state index contributed by atoms with van der Waals surface area (Å²) in [5.74, 6) is -0.0958. The molecule has 0 fully saturated rings. The maximum Gasteiger partial charge on any atom is 0.415 e. The van der Waals surface area contributed by atoms with Gasteiger partial charge in [-0.05, 0) is 0 Å². The highest BCUT2D eigenvalue weighted by Crippen LogP contribution is 2.27.